The van der Waals surface area contributed by atoms with Crippen molar-refractivity contribution in [3.05, 3.63) is 24.3 Å². The van der Waals surface area contributed by atoms with E-state index in [0.29, 0.717) is 11.4 Å². The van der Waals surface area contributed by atoms with E-state index in [4.69, 9.17) is 4.74 Å². The van der Waals surface area contributed by atoms with E-state index in [1.165, 1.54) is 12.4 Å². The van der Waals surface area contributed by atoms with Crippen LogP contribution in [0.5, 0.6) is 5.75 Å². The van der Waals surface area contributed by atoms with E-state index in [1.54, 1.807) is 29.6 Å². The van der Waals surface area contributed by atoms with Crippen LogP contribution >= 0.6 is 0 Å². The number of methoxy groups -OCH3 is 1. The molecule has 116 valence electrons. The van der Waals surface area contributed by atoms with E-state index < -0.39 is 24.7 Å². The fourth-order valence-electron chi connectivity index (χ4n) is 1.36. The maximum absolute atomic E-state index is 11.9. The zero-order valence-electron chi connectivity index (χ0n) is 11.1. The molecule has 0 fully saturated rings. The van der Waals surface area contributed by atoms with Crippen molar-refractivity contribution in [2.45, 2.75) is 6.18 Å². The summed E-state index contributed by atoms with van der Waals surface area (Å²) in [4.78, 5) is 22.4. The second-order valence-corrected chi connectivity index (χ2v) is 3.90. The summed E-state index contributed by atoms with van der Waals surface area (Å²) in [5, 5.41) is 6.00. The number of carbonyl (C=O) groups excluding carboxylic acids is 2. The quantitative estimate of drug-likeness (QED) is 0.770. The lowest BCUT2D eigenvalue weighted by molar-refractivity contribution is -0.124. The zero-order chi connectivity index (χ0) is 15.9. The number of anilines is 1. The molecule has 1 aromatic rings. The molecule has 3 N–H and O–H groups in total. The molecule has 6 nitrogen and oxygen atoms in total. The number of ether oxygens (including phenoxy) is 1. The van der Waals surface area contributed by atoms with Gasteiger partial charge in [-0.1, -0.05) is 12.1 Å². The first-order chi connectivity index (χ1) is 9.81. The second kappa shape index (κ2) is 7.36. The highest BCUT2D eigenvalue weighted by Gasteiger charge is 2.27. The maximum atomic E-state index is 11.9. The normalized spacial score (nSPS) is 10.7. The van der Waals surface area contributed by atoms with Gasteiger partial charge in [0.25, 0.3) is 0 Å². The first kappa shape index (κ1) is 16.6. The van der Waals surface area contributed by atoms with Gasteiger partial charge in [0.15, 0.2) is 0 Å². The van der Waals surface area contributed by atoms with Crippen molar-refractivity contribution in [1.29, 1.82) is 0 Å². The predicted molar refractivity (Wildman–Crippen MR) is 69.1 cm³/mol. The number of imide groups is 1. The molecule has 0 saturated heterocycles. The van der Waals surface area contributed by atoms with Crippen LogP contribution in [0.15, 0.2) is 24.3 Å². The average molecular weight is 305 g/mol. The number of benzene rings is 1. The van der Waals surface area contributed by atoms with Gasteiger partial charge in [0.1, 0.15) is 12.3 Å². The van der Waals surface area contributed by atoms with Crippen LogP contribution < -0.4 is 20.7 Å². The average Bonchev–Trinajstić information content (AvgIpc) is 2.42. The lowest BCUT2D eigenvalue weighted by Gasteiger charge is -2.11. The molecule has 1 aromatic carbocycles. The van der Waals surface area contributed by atoms with E-state index >= 15 is 0 Å². The molecule has 0 spiro atoms. The Hall–Kier alpha value is -2.45. The van der Waals surface area contributed by atoms with Crippen molar-refractivity contribution in [3.63, 3.8) is 0 Å². The Labute approximate surface area is 118 Å². The Morgan fingerprint density at radius 2 is 1.90 bits per heavy atom. The van der Waals surface area contributed by atoms with Gasteiger partial charge in [-0.05, 0) is 12.1 Å². The van der Waals surface area contributed by atoms with E-state index in [9.17, 15) is 22.8 Å². The van der Waals surface area contributed by atoms with Crippen LogP contribution in [0.1, 0.15) is 0 Å². The van der Waals surface area contributed by atoms with E-state index in [2.05, 4.69) is 5.32 Å². The van der Waals surface area contributed by atoms with E-state index in [0.717, 1.165) is 0 Å². The minimum absolute atomic E-state index is 0.292. The first-order valence-electron chi connectivity index (χ1n) is 5.83. The molecular weight excluding hydrogens is 291 g/mol. The van der Waals surface area contributed by atoms with Crippen molar-refractivity contribution in [1.82, 2.24) is 10.6 Å². The Kier molecular flexibility index (Phi) is 5.82. The molecule has 0 atom stereocenters. The van der Waals surface area contributed by atoms with Crippen molar-refractivity contribution >= 4 is 17.6 Å². The van der Waals surface area contributed by atoms with Crippen LogP contribution in [-0.4, -0.2) is 38.3 Å². The van der Waals surface area contributed by atoms with Crippen LogP contribution in [-0.2, 0) is 4.79 Å². The zero-order valence-corrected chi connectivity index (χ0v) is 11.1. The highest BCUT2D eigenvalue weighted by atomic mass is 19.4. The number of nitrogens with one attached hydrogen (secondary N) is 3. The number of urea groups is 1. The van der Waals surface area contributed by atoms with Gasteiger partial charge in [-0.3, -0.25) is 10.1 Å². The molecule has 1 rings (SSSR count). The number of carbonyl (C=O) groups is 2. The number of para-hydroxylation sites is 2. The lowest BCUT2D eigenvalue weighted by Crippen LogP contribution is -2.45. The topological polar surface area (TPSA) is 79.5 Å². The standard InChI is InChI=1S/C12H14F3N3O3/c1-21-9-5-3-2-4-8(9)16-6-10(19)18-11(20)17-7-12(13,14)15/h2-5,16H,6-7H2,1H3,(H2,17,18,19,20). The van der Waals surface area contributed by atoms with E-state index in [-0.39, 0.29) is 6.54 Å². The smallest absolute Gasteiger partial charge is 0.405 e. The monoisotopic (exact) mass is 305 g/mol. The molecule has 21 heavy (non-hydrogen) atoms. The molecule has 0 bridgehead atoms. The van der Waals surface area contributed by atoms with Gasteiger partial charge >= 0.3 is 12.2 Å². The summed E-state index contributed by atoms with van der Waals surface area (Å²) in [6.07, 6.45) is -4.53. The molecule has 0 aliphatic carbocycles. The van der Waals surface area contributed by atoms with Gasteiger partial charge in [0.05, 0.1) is 19.3 Å². The lowest BCUT2D eigenvalue weighted by atomic mass is 10.3. The van der Waals surface area contributed by atoms with Crippen LogP contribution in [0.4, 0.5) is 23.7 Å². The van der Waals surface area contributed by atoms with Crippen LogP contribution in [0.3, 0.4) is 0 Å². The number of hydrogen-bond acceptors (Lipinski definition) is 4. The molecule has 0 unspecified atom stereocenters. The van der Waals surface area contributed by atoms with Crippen molar-refractivity contribution in [2.75, 3.05) is 25.5 Å². The highest BCUT2D eigenvalue weighted by Crippen LogP contribution is 2.22. The maximum Gasteiger partial charge on any atom is 0.405 e. The van der Waals surface area contributed by atoms with Gasteiger partial charge in [0.2, 0.25) is 5.91 Å². The van der Waals surface area contributed by atoms with Crippen molar-refractivity contribution < 1.29 is 27.5 Å². The Morgan fingerprint density at radius 3 is 2.52 bits per heavy atom. The number of rotatable bonds is 5. The van der Waals surface area contributed by atoms with Gasteiger partial charge in [-0.15, -0.1) is 0 Å². The second-order valence-electron chi connectivity index (χ2n) is 3.90. The van der Waals surface area contributed by atoms with E-state index in [1.807, 2.05) is 0 Å². The van der Waals surface area contributed by atoms with Gasteiger partial charge in [-0.25, -0.2) is 4.79 Å². The van der Waals surface area contributed by atoms with Gasteiger partial charge in [0, 0.05) is 0 Å². The molecular formula is C12H14F3N3O3. The van der Waals surface area contributed by atoms with Crippen molar-refractivity contribution in [3.8, 4) is 5.75 Å². The summed E-state index contributed by atoms with van der Waals surface area (Å²) >= 11 is 0. The summed E-state index contributed by atoms with van der Waals surface area (Å²) in [5.74, 6) is -0.285. The number of hydrogen-bond donors (Lipinski definition) is 3. The van der Waals surface area contributed by atoms with Crippen molar-refractivity contribution in [2.24, 2.45) is 0 Å². The summed E-state index contributed by atoms with van der Waals surface area (Å²) in [7, 11) is 1.45. The fraction of sp³-hybridized carbons (Fsp3) is 0.333. The predicted octanol–water partition coefficient (Wildman–Crippen LogP) is 1.50. The number of alkyl halides is 3. The molecule has 9 heteroatoms. The Bertz CT molecular complexity index is 506. The Morgan fingerprint density at radius 1 is 1.24 bits per heavy atom. The summed E-state index contributed by atoms with van der Waals surface area (Å²) < 4.78 is 40.6. The van der Waals surface area contributed by atoms with Crippen LogP contribution in [0.25, 0.3) is 0 Å². The Balaban J connectivity index is 2.39. The molecule has 0 aliphatic heterocycles. The molecule has 0 radical (unpaired) electrons. The molecule has 0 aromatic heterocycles. The van der Waals surface area contributed by atoms with Crippen LogP contribution in [0, 0.1) is 0 Å². The summed E-state index contributed by atoms with van der Waals surface area (Å²) in [6.45, 7) is -1.80. The third-order valence-electron chi connectivity index (χ3n) is 2.25. The van der Waals surface area contributed by atoms with Gasteiger partial charge in [-0.2, -0.15) is 13.2 Å². The summed E-state index contributed by atoms with van der Waals surface area (Å²) in [6, 6.07) is 5.54. The number of amides is 3. The third kappa shape index (κ3) is 6.50. The minimum atomic E-state index is -4.53. The first-order valence-corrected chi connectivity index (χ1v) is 5.83. The highest BCUT2D eigenvalue weighted by molar-refractivity contribution is 5.96. The fourth-order valence-corrected chi connectivity index (χ4v) is 1.36. The molecule has 0 heterocycles. The largest absolute Gasteiger partial charge is 0.495 e. The molecule has 0 aliphatic rings. The minimum Gasteiger partial charge on any atom is -0.495 e. The third-order valence-corrected chi connectivity index (χ3v) is 2.25. The molecule has 3 amide bonds. The molecule has 0 saturated carbocycles. The number of halogens is 3. The van der Waals surface area contributed by atoms with Gasteiger partial charge < -0.3 is 15.4 Å². The summed E-state index contributed by atoms with van der Waals surface area (Å²) in [5.41, 5.74) is 0.519. The SMILES string of the molecule is COc1ccccc1NCC(=O)NC(=O)NCC(F)(F)F. The van der Waals surface area contributed by atoms with Crippen LogP contribution in [0.2, 0.25) is 0 Å².